The van der Waals surface area contributed by atoms with Gasteiger partial charge in [-0.05, 0) is 31.4 Å². The van der Waals surface area contributed by atoms with E-state index < -0.39 is 30.4 Å². The second kappa shape index (κ2) is 11.9. The van der Waals surface area contributed by atoms with Crippen molar-refractivity contribution in [3.8, 4) is 0 Å². The van der Waals surface area contributed by atoms with Crippen molar-refractivity contribution in [1.82, 2.24) is 24.8 Å². The number of esters is 1. The topological polar surface area (TPSA) is 199 Å². The van der Waals surface area contributed by atoms with E-state index in [-0.39, 0.29) is 28.9 Å². The number of aromatic nitrogens is 4. The van der Waals surface area contributed by atoms with E-state index in [1.165, 1.54) is 10.9 Å². The fourth-order valence-electron chi connectivity index (χ4n) is 3.97. The number of carbonyl (C=O) groups excluding carboxylic acids is 2. The SMILES string of the molecule is CCNC(=O)[C@H]1O[C@@H](n2cnc3c(N)nc(N/N=C/c4ccc(CCC(=O)OCC)cc4)nc32)[C@H](O)[C@@H]1O. The van der Waals surface area contributed by atoms with Crippen LogP contribution in [0.5, 0.6) is 0 Å². The summed E-state index contributed by atoms with van der Waals surface area (Å²) in [6.45, 7) is 4.22. The Morgan fingerprint density at radius 2 is 1.97 bits per heavy atom. The predicted octanol–water partition coefficient (Wildman–Crippen LogP) is 0.106. The van der Waals surface area contributed by atoms with E-state index in [1.807, 2.05) is 24.3 Å². The lowest BCUT2D eigenvalue weighted by molar-refractivity contribution is -0.143. The lowest BCUT2D eigenvalue weighted by atomic mass is 10.1. The van der Waals surface area contributed by atoms with Crippen molar-refractivity contribution in [2.75, 3.05) is 24.3 Å². The van der Waals surface area contributed by atoms with Crippen LogP contribution >= 0.6 is 0 Å². The van der Waals surface area contributed by atoms with Crippen LogP contribution < -0.4 is 16.5 Å². The third-order valence-corrected chi connectivity index (χ3v) is 5.85. The Hall–Kier alpha value is -4.14. The van der Waals surface area contributed by atoms with Gasteiger partial charge in [-0.3, -0.25) is 14.2 Å². The van der Waals surface area contributed by atoms with Crippen LogP contribution in [0.1, 0.15) is 37.6 Å². The summed E-state index contributed by atoms with van der Waals surface area (Å²) in [6, 6.07) is 7.51. The van der Waals surface area contributed by atoms with Gasteiger partial charge in [0.2, 0.25) is 5.95 Å². The summed E-state index contributed by atoms with van der Waals surface area (Å²) in [5, 5.41) is 27.6. The van der Waals surface area contributed by atoms with Gasteiger partial charge in [-0.15, -0.1) is 0 Å². The van der Waals surface area contributed by atoms with E-state index in [9.17, 15) is 19.8 Å². The number of likely N-dealkylation sites (N-methyl/N-ethyl adjacent to an activating group) is 1. The van der Waals surface area contributed by atoms with Crippen molar-refractivity contribution in [2.45, 2.75) is 51.2 Å². The Labute approximate surface area is 217 Å². The summed E-state index contributed by atoms with van der Waals surface area (Å²) >= 11 is 0. The molecule has 1 aromatic carbocycles. The van der Waals surface area contributed by atoms with Crippen molar-refractivity contribution in [3.05, 3.63) is 41.7 Å². The number of hydrogen-bond donors (Lipinski definition) is 5. The third kappa shape index (κ3) is 5.88. The number of nitrogens with one attached hydrogen (secondary N) is 2. The molecule has 4 atom stereocenters. The molecule has 38 heavy (non-hydrogen) atoms. The molecule has 4 rings (SSSR count). The Bertz CT molecular complexity index is 1310. The number of aryl methyl sites for hydroxylation is 1. The maximum atomic E-state index is 12.2. The van der Waals surface area contributed by atoms with Crippen molar-refractivity contribution in [1.29, 1.82) is 0 Å². The molecule has 1 aliphatic heterocycles. The van der Waals surface area contributed by atoms with Crippen molar-refractivity contribution in [3.63, 3.8) is 0 Å². The molecule has 0 unspecified atom stereocenters. The van der Waals surface area contributed by atoms with Gasteiger partial charge in [0, 0.05) is 13.0 Å². The molecule has 202 valence electrons. The smallest absolute Gasteiger partial charge is 0.306 e. The van der Waals surface area contributed by atoms with Gasteiger partial charge in [0.25, 0.3) is 5.91 Å². The van der Waals surface area contributed by atoms with Gasteiger partial charge < -0.3 is 30.7 Å². The van der Waals surface area contributed by atoms with E-state index in [2.05, 4.69) is 30.8 Å². The van der Waals surface area contributed by atoms with E-state index in [4.69, 9.17) is 15.2 Å². The zero-order valence-electron chi connectivity index (χ0n) is 20.9. The van der Waals surface area contributed by atoms with Crippen LogP contribution in [0.3, 0.4) is 0 Å². The van der Waals surface area contributed by atoms with E-state index in [0.29, 0.717) is 26.0 Å². The summed E-state index contributed by atoms with van der Waals surface area (Å²) < 4.78 is 12.0. The minimum absolute atomic E-state index is 0.0608. The Kier molecular flexibility index (Phi) is 8.45. The molecule has 1 amide bonds. The molecule has 14 heteroatoms. The predicted molar refractivity (Wildman–Crippen MR) is 137 cm³/mol. The first kappa shape index (κ1) is 26.9. The van der Waals surface area contributed by atoms with Gasteiger partial charge in [-0.25, -0.2) is 10.4 Å². The molecule has 0 bridgehead atoms. The van der Waals surface area contributed by atoms with E-state index in [0.717, 1.165) is 11.1 Å². The summed E-state index contributed by atoms with van der Waals surface area (Å²) in [5.74, 6) is -0.645. The number of aliphatic hydroxyl groups excluding tert-OH is 2. The van der Waals surface area contributed by atoms with Crippen LogP contribution in [0, 0.1) is 0 Å². The number of amides is 1. The summed E-state index contributed by atoms with van der Waals surface area (Å²) in [7, 11) is 0. The number of nitrogens with zero attached hydrogens (tertiary/aromatic N) is 5. The maximum Gasteiger partial charge on any atom is 0.306 e. The lowest BCUT2D eigenvalue weighted by Crippen LogP contribution is -2.42. The van der Waals surface area contributed by atoms with Gasteiger partial charge in [0.15, 0.2) is 23.8 Å². The highest BCUT2D eigenvalue weighted by molar-refractivity contribution is 5.84. The maximum absolute atomic E-state index is 12.2. The highest BCUT2D eigenvalue weighted by atomic mass is 16.6. The standard InChI is InChI=1S/C24H30N8O6/c1-3-26-22(36)19-17(34)18(35)23(38-19)32-12-27-16-20(25)29-24(30-21(16)32)31-28-11-14-7-5-13(6-8-14)9-10-15(33)37-4-2/h5-8,11-12,17-19,23,34-35H,3-4,9-10H2,1-2H3,(H,26,36)(H3,25,29,30,31)/b28-11+/t17-,18+,19-,23+/m0/s1. The molecule has 0 aliphatic carbocycles. The van der Waals surface area contributed by atoms with Crippen LogP contribution in [0.25, 0.3) is 11.2 Å². The molecule has 1 aliphatic rings. The van der Waals surface area contributed by atoms with Crippen LogP contribution in [0.4, 0.5) is 11.8 Å². The van der Waals surface area contributed by atoms with Crippen LogP contribution in [0.15, 0.2) is 35.7 Å². The van der Waals surface area contributed by atoms with Crippen LogP contribution in [0.2, 0.25) is 0 Å². The number of anilines is 2. The number of nitrogens with two attached hydrogens (primary N) is 1. The first-order valence-corrected chi connectivity index (χ1v) is 12.1. The molecule has 0 saturated carbocycles. The van der Waals surface area contributed by atoms with Crippen molar-refractivity contribution < 1.29 is 29.3 Å². The lowest BCUT2D eigenvalue weighted by Gasteiger charge is -2.16. The third-order valence-electron chi connectivity index (χ3n) is 5.85. The molecule has 6 N–H and O–H groups in total. The second-order valence-electron chi connectivity index (χ2n) is 8.50. The number of hydrazone groups is 1. The van der Waals surface area contributed by atoms with Crippen molar-refractivity contribution in [2.24, 2.45) is 5.10 Å². The quantitative estimate of drug-likeness (QED) is 0.136. The fraction of sp³-hybridized carbons (Fsp3) is 0.417. The molecular formula is C24H30N8O6. The molecule has 14 nitrogen and oxygen atoms in total. The number of rotatable bonds is 10. The molecular weight excluding hydrogens is 496 g/mol. The van der Waals surface area contributed by atoms with Gasteiger partial charge in [-0.2, -0.15) is 15.1 Å². The Morgan fingerprint density at radius 3 is 2.68 bits per heavy atom. The van der Waals surface area contributed by atoms with Crippen LogP contribution in [-0.4, -0.2) is 79.3 Å². The Morgan fingerprint density at radius 1 is 1.21 bits per heavy atom. The number of ether oxygens (including phenoxy) is 2. The second-order valence-corrected chi connectivity index (χ2v) is 8.50. The number of imidazole rings is 1. The first-order valence-electron chi connectivity index (χ1n) is 12.1. The Balaban J connectivity index is 1.45. The zero-order chi connectivity index (χ0) is 27.2. The first-order chi connectivity index (χ1) is 18.3. The molecule has 0 spiro atoms. The normalized spacial score (nSPS) is 21.2. The summed E-state index contributed by atoms with van der Waals surface area (Å²) in [5.41, 5.74) is 11.0. The van der Waals surface area contributed by atoms with Gasteiger partial charge in [0.1, 0.15) is 17.7 Å². The number of hydrogen-bond acceptors (Lipinski definition) is 12. The molecule has 1 fully saturated rings. The number of aliphatic hydroxyl groups is 2. The van der Waals surface area contributed by atoms with Gasteiger partial charge in [-0.1, -0.05) is 24.3 Å². The minimum Gasteiger partial charge on any atom is -0.466 e. The van der Waals surface area contributed by atoms with E-state index >= 15 is 0 Å². The fourth-order valence-corrected chi connectivity index (χ4v) is 3.97. The summed E-state index contributed by atoms with van der Waals surface area (Å²) in [4.78, 5) is 36.4. The summed E-state index contributed by atoms with van der Waals surface area (Å²) in [6.07, 6.45) is -1.45. The van der Waals surface area contributed by atoms with Gasteiger partial charge >= 0.3 is 5.97 Å². The monoisotopic (exact) mass is 526 g/mol. The van der Waals surface area contributed by atoms with Crippen LogP contribution in [-0.2, 0) is 25.5 Å². The van der Waals surface area contributed by atoms with Crippen molar-refractivity contribution >= 4 is 41.0 Å². The highest BCUT2D eigenvalue weighted by Gasteiger charge is 2.47. The van der Waals surface area contributed by atoms with E-state index in [1.54, 1.807) is 20.1 Å². The number of nitrogen functional groups attached to an aromatic ring is 1. The molecule has 1 saturated heterocycles. The number of fused-ring (bicyclic) bond motifs is 1. The largest absolute Gasteiger partial charge is 0.466 e. The zero-order valence-corrected chi connectivity index (χ0v) is 20.9. The minimum atomic E-state index is -1.44. The highest BCUT2D eigenvalue weighted by Crippen LogP contribution is 2.32. The number of benzene rings is 1. The molecule has 3 aromatic rings. The molecule has 2 aromatic heterocycles. The molecule has 3 heterocycles. The average Bonchev–Trinajstić information content (AvgIpc) is 3.45. The molecule has 0 radical (unpaired) electrons. The number of carbonyl (C=O) groups is 2. The van der Waals surface area contributed by atoms with Gasteiger partial charge in [0.05, 0.1) is 19.1 Å². The average molecular weight is 527 g/mol.